The van der Waals surface area contributed by atoms with E-state index in [1.165, 1.54) is 22.6 Å². The molecule has 0 spiro atoms. The van der Waals surface area contributed by atoms with Gasteiger partial charge in [0.25, 0.3) is 10.0 Å². The second kappa shape index (κ2) is 9.41. The van der Waals surface area contributed by atoms with E-state index in [4.69, 9.17) is 11.6 Å². The number of aromatic nitrogens is 2. The first-order valence-electron chi connectivity index (χ1n) is 10.5. The van der Waals surface area contributed by atoms with Crippen molar-refractivity contribution in [2.24, 2.45) is 0 Å². The number of Topliss-reactive ketones (excluding diaryl/α,β-unsaturated/α-hetero) is 1. The number of nitrogens with zero attached hydrogens (tertiary/aromatic N) is 3. The lowest BCUT2D eigenvalue weighted by molar-refractivity contribution is 0.102. The SMILES string of the molecule is O=C(CSc1ncc2c(n1)-c1ccccc1N(Cc1cccc(F)c1)S2(=O)=O)c1ccc(Cl)cc1. The first kappa shape index (κ1) is 23.5. The Morgan fingerprint density at radius 1 is 1.03 bits per heavy atom. The summed E-state index contributed by atoms with van der Waals surface area (Å²) in [4.78, 5) is 21.2. The maximum absolute atomic E-state index is 13.7. The summed E-state index contributed by atoms with van der Waals surface area (Å²) in [6.45, 7) is -0.0390. The molecule has 3 aromatic carbocycles. The van der Waals surface area contributed by atoms with Crippen molar-refractivity contribution < 1.29 is 17.6 Å². The Bertz CT molecular complexity index is 1550. The number of carbonyl (C=O) groups is 1. The van der Waals surface area contributed by atoms with Crippen molar-refractivity contribution in [1.82, 2.24) is 9.97 Å². The Balaban J connectivity index is 1.46. The van der Waals surface area contributed by atoms with Crippen molar-refractivity contribution in [3.8, 4) is 11.3 Å². The third-order valence-electron chi connectivity index (χ3n) is 5.44. The maximum atomic E-state index is 13.7. The van der Waals surface area contributed by atoms with Crippen LogP contribution in [-0.4, -0.2) is 29.9 Å². The first-order chi connectivity index (χ1) is 16.8. The monoisotopic (exact) mass is 525 g/mol. The zero-order chi connectivity index (χ0) is 24.6. The number of benzene rings is 3. The molecule has 0 saturated heterocycles. The third-order valence-corrected chi connectivity index (χ3v) is 8.32. The molecule has 176 valence electrons. The Morgan fingerprint density at radius 2 is 1.80 bits per heavy atom. The molecule has 0 radical (unpaired) electrons. The number of fused-ring (bicyclic) bond motifs is 3. The van der Waals surface area contributed by atoms with Crippen molar-refractivity contribution in [2.45, 2.75) is 16.6 Å². The van der Waals surface area contributed by atoms with E-state index in [1.807, 2.05) is 0 Å². The summed E-state index contributed by atoms with van der Waals surface area (Å²) in [7, 11) is -4.01. The third kappa shape index (κ3) is 4.67. The van der Waals surface area contributed by atoms with Crippen LogP contribution in [0.5, 0.6) is 0 Å². The average Bonchev–Trinajstić information content (AvgIpc) is 2.85. The van der Waals surface area contributed by atoms with Crippen LogP contribution in [-0.2, 0) is 16.6 Å². The van der Waals surface area contributed by atoms with E-state index >= 15 is 0 Å². The van der Waals surface area contributed by atoms with E-state index in [-0.39, 0.29) is 33.8 Å². The molecule has 4 aromatic rings. The number of hydrogen-bond donors (Lipinski definition) is 0. The molecule has 1 aliphatic heterocycles. The summed E-state index contributed by atoms with van der Waals surface area (Å²) < 4.78 is 42.0. The van der Waals surface area contributed by atoms with Gasteiger partial charge in [-0.3, -0.25) is 9.10 Å². The number of carbonyl (C=O) groups excluding carboxylic acids is 1. The molecule has 0 atom stereocenters. The fourth-order valence-corrected chi connectivity index (χ4v) is 6.16. The predicted octanol–water partition coefficient (Wildman–Crippen LogP) is 5.62. The van der Waals surface area contributed by atoms with Crippen LogP contribution in [0.3, 0.4) is 0 Å². The molecular weight excluding hydrogens is 509 g/mol. The van der Waals surface area contributed by atoms with Gasteiger partial charge in [-0.05, 0) is 48.0 Å². The van der Waals surface area contributed by atoms with Gasteiger partial charge in [0.2, 0.25) is 0 Å². The topological polar surface area (TPSA) is 80.2 Å². The Kier molecular flexibility index (Phi) is 6.31. The van der Waals surface area contributed by atoms with E-state index in [9.17, 15) is 17.6 Å². The Hall–Kier alpha value is -3.27. The van der Waals surface area contributed by atoms with Crippen LogP contribution in [0.4, 0.5) is 10.1 Å². The number of anilines is 1. The molecule has 35 heavy (non-hydrogen) atoms. The molecule has 5 rings (SSSR count). The molecular formula is C25H17ClFN3O3S2. The van der Waals surface area contributed by atoms with Gasteiger partial charge in [-0.15, -0.1) is 0 Å². The molecule has 0 bridgehead atoms. The number of rotatable bonds is 6. The summed E-state index contributed by atoms with van der Waals surface area (Å²) in [5.74, 6) is -0.480. The van der Waals surface area contributed by atoms with Crippen LogP contribution >= 0.6 is 23.4 Å². The number of sulfonamides is 1. The van der Waals surface area contributed by atoms with E-state index < -0.39 is 15.8 Å². The lowest BCUT2D eigenvalue weighted by atomic mass is 10.1. The van der Waals surface area contributed by atoms with E-state index in [0.717, 1.165) is 11.8 Å². The number of ketones is 1. The predicted molar refractivity (Wildman–Crippen MR) is 134 cm³/mol. The summed E-state index contributed by atoms with van der Waals surface area (Å²) in [5.41, 5.74) is 2.35. The fraction of sp³-hybridized carbons (Fsp3) is 0.0800. The van der Waals surface area contributed by atoms with Gasteiger partial charge in [-0.1, -0.05) is 53.7 Å². The van der Waals surface area contributed by atoms with Gasteiger partial charge in [-0.2, -0.15) is 0 Å². The largest absolute Gasteiger partial charge is 0.293 e. The number of para-hydroxylation sites is 1. The van der Waals surface area contributed by atoms with Crippen LogP contribution < -0.4 is 4.31 Å². The smallest absolute Gasteiger partial charge is 0.268 e. The van der Waals surface area contributed by atoms with E-state index in [2.05, 4.69) is 9.97 Å². The molecule has 6 nitrogen and oxygen atoms in total. The molecule has 0 aliphatic carbocycles. The molecule has 0 amide bonds. The van der Waals surface area contributed by atoms with Gasteiger partial charge >= 0.3 is 0 Å². The molecule has 1 aliphatic rings. The van der Waals surface area contributed by atoms with Gasteiger partial charge in [0, 0.05) is 16.1 Å². The summed E-state index contributed by atoms with van der Waals surface area (Å²) in [6, 6.07) is 19.4. The normalized spacial score (nSPS) is 13.7. The van der Waals surface area contributed by atoms with E-state index in [0.29, 0.717) is 27.4 Å². The van der Waals surface area contributed by atoms with Gasteiger partial charge in [-0.25, -0.2) is 22.8 Å². The molecule has 2 heterocycles. The second-order valence-corrected chi connectivity index (χ2v) is 11.0. The standard InChI is InChI=1S/C25H17ClFN3O3S2/c26-18-10-8-17(9-11-18)22(31)15-34-25-28-13-23-24(29-25)20-6-1-2-7-21(20)30(35(23,32)33)14-16-4-3-5-19(27)12-16/h1-13H,14-15H2. The van der Waals surface area contributed by atoms with Gasteiger partial charge in [0.15, 0.2) is 10.9 Å². The zero-order valence-corrected chi connectivity index (χ0v) is 20.4. The molecule has 10 heteroatoms. The average molecular weight is 526 g/mol. The number of hydrogen-bond acceptors (Lipinski definition) is 6. The quantitative estimate of drug-likeness (QED) is 0.185. The van der Waals surface area contributed by atoms with Gasteiger partial charge in [0.05, 0.1) is 29.9 Å². The van der Waals surface area contributed by atoms with Crippen molar-refractivity contribution in [2.75, 3.05) is 10.1 Å². The molecule has 0 unspecified atom stereocenters. The minimum atomic E-state index is -4.01. The molecule has 0 fully saturated rings. The van der Waals surface area contributed by atoms with Crippen LogP contribution in [0.15, 0.2) is 89.0 Å². The highest BCUT2D eigenvalue weighted by molar-refractivity contribution is 7.99. The van der Waals surface area contributed by atoms with Crippen molar-refractivity contribution >= 4 is 44.9 Å². The summed E-state index contributed by atoms with van der Waals surface area (Å²) >= 11 is 7.00. The first-order valence-corrected chi connectivity index (χ1v) is 13.3. The summed E-state index contributed by atoms with van der Waals surface area (Å²) in [5, 5.41) is 0.827. The minimum absolute atomic E-state index is 0.0390. The second-order valence-electron chi connectivity index (χ2n) is 7.74. The lowest BCUT2D eigenvalue weighted by Crippen LogP contribution is -2.34. The van der Waals surface area contributed by atoms with Crippen molar-refractivity contribution in [3.05, 3.63) is 101 Å². The summed E-state index contributed by atoms with van der Waals surface area (Å²) in [6.07, 6.45) is 1.27. The highest BCUT2D eigenvalue weighted by Gasteiger charge is 2.36. The molecule has 0 N–H and O–H groups in total. The lowest BCUT2D eigenvalue weighted by Gasteiger charge is -2.31. The maximum Gasteiger partial charge on any atom is 0.268 e. The van der Waals surface area contributed by atoms with Gasteiger partial charge in [0.1, 0.15) is 10.7 Å². The highest BCUT2D eigenvalue weighted by Crippen LogP contribution is 2.42. The van der Waals surface area contributed by atoms with E-state index in [1.54, 1.807) is 60.7 Å². The van der Waals surface area contributed by atoms with Crippen LogP contribution in [0.1, 0.15) is 15.9 Å². The fourth-order valence-electron chi connectivity index (χ4n) is 3.77. The molecule has 1 aromatic heterocycles. The number of halogens is 2. The van der Waals surface area contributed by atoms with Crippen LogP contribution in [0, 0.1) is 5.82 Å². The van der Waals surface area contributed by atoms with Crippen molar-refractivity contribution in [3.63, 3.8) is 0 Å². The minimum Gasteiger partial charge on any atom is -0.293 e. The van der Waals surface area contributed by atoms with Gasteiger partial charge < -0.3 is 0 Å². The Labute approximate surface area is 210 Å². The molecule has 0 saturated carbocycles. The zero-order valence-electron chi connectivity index (χ0n) is 18.1. The van der Waals surface area contributed by atoms with Crippen LogP contribution in [0.25, 0.3) is 11.3 Å². The van der Waals surface area contributed by atoms with Crippen LogP contribution in [0.2, 0.25) is 5.02 Å². The highest BCUT2D eigenvalue weighted by atomic mass is 35.5. The number of thioether (sulfide) groups is 1. The Morgan fingerprint density at radius 3 is 2.57 bits per heavy atom. The van der Waals surface area contributed by atoms with Crippen molar-refractivity contribution in [1.29, 1.82) is 0 Å².